The van der Waals surface area contributed by atoms with Crippen LogP contribution in [0.25, 0.3) is 0 Å². The summed E-state index contributed by atoms with van der Waals surface area (Å²) in [6.07, 6.45) is 1.19. The van der Waals surface area contributed by atoms with E-state index in [4.69, 9.17) is 5.11 Å². The minimum absolute atomic E-state index is 0.0943. The minimum atomic E-state index is -1.20. The van der Waals surface area contributed by atoms with Crippen LogP contribution in [0.15, 0.2) is 12.7 Å². The lowest BCUT2D eigenvalue weighted by atomic mass is 10.1. The third-order valence-electron chi connectivity index (χ3n) is 1.83. The number of imide groups is 1. The SMILES string of the molecule is C=CCN1C(=O)CC(C(=O)O)NC1=O. The molecule has 3 amide bonds. The summed E-state index contributed by atoms with van der Waals surface area (Å²) in [6, 6.07) is -1.80. The van der Waals surface area contributed by atoms with Crippen LogP contribution in [0.3, 0.4) is 0 Å². The summed E-state index contributed by atoms with van der Waals surface area (Å²) in [7, 11) is 0. The van der Waals surface area contributed by atoms with Crippen molar-refractivity contribution < 1.29 is 19.5 Å². The molecule has 1 fully saturated rings. The first-order valence-corrected chi connectivity index (χ1v) is 4.01. The van der Waals surface area contributed by atoms with E-state index >= 15 is 0 Å². The number of carboxylic acid groups (broad SMARTS) is 1. The average Bonchev–Trinajstić information content (AvgIpc) is 2.10. The molecule has 1 atom stereocenters. The molecule has 0 aromatic carbocycles. The lowest BCUT2D eigenvalue weighted by molar-refractivity contribution is -0.144. The lowest BCUT2D eigenvalue weighted by Crippen LogP contribution is -2.57. The largest absolute Gasteiger partial charge is 0.480 e. The van der Waals surface area contributed by atoms with Crippen molar-refractivity contribution in [1.29, 1.82) is 0 Å². The highest BCUT2D eigenvalue weighted by Gasteiger charge is 2.34. The molecule has 6 nitrogen and oxygen atoms in total. The van der Waals surface area contributed by atoms with Gasteiger partial charge in [0.25, 0.3) is 0 Å². The van der Waals surface area contributed by atoms with Gasteiger partial charge in [0.1, 0.15) is 6.04 Å². The summed E-state index contributed by atoms with van der Waals surface area (Å²) in [5, 5.41) is 10.8. The van der Waals surface area contributed by atoms with Gasteiger partial charge in [-0.1, -0.05) is 6.08 Å². The highest BCUT2D eigenvalue weighted by Crippen LogP contribution is 2.07. The van der Waals surface area contributed by atoms with Gasteiger partial charge in [-0.05, 0) is 0 Å². The maximum Gasteiger partial charge on any atom is 0.326 e. The van der Waals surface area contributed by atoms with Crippen LogP contribution in [0.1, 0.15) is 6.42 Å². The Morgan fingerprint density at radius 3 is 2.79 bits per heavy atom. The predicted octanol–water partition coefficient (Wildman–Crippen LogP) is -0.432. The number of nitrogens with zero attached hydrogens (tertiary/aromatic N) is 1. The van der Waals surface area contributed by atoms with E-state index in [0.29, 0.717) is 0 Å². The van der Waals surface area contributed by atoms with E-state index in [2.05, 4.69) is 11.9 Å². The molecule has 1 saturated heterocycles. The molecule has 0 radical (unpaired) electrons. The third-order valence-corrected chi connectivity index (χ3v) is 1.83. The van der Waals surface area contributed by atoms with Crippen molar-refractivity contribution in [2.45, 2.75) is 12.5 Å². The van der Waals surface area contributed by atoms with Crippen LogP contribution in [0.5, 0.6) is 0 Å². The van der Waals surface area contributed by atoms with Crippen LogP contribution in [0.4, 0.5) is 4.79 Å². The Kier molecular flexibility index (Phi) is 2.85. The number of nitrogens with one attached hydrogen (secondary N) is 1. The minimum Gasteiger partial charge on any atom is -0.480 e. The molecule has 6 heteroatoms. The molecule has 0 aliphatic carbocycles. The van der Waals surface area contributed by atoms with Gasteiger partial charge in [0, 0.05) is 6.54 Å². The van der Waals surface area contributed by atoms with Gasteiger partial charge in [0.2, 0.25) is 5.91 Å². The standard InChI is InChI=1S/C8H10N2O4/c1-2-3-10-6(11)4-5(7(12)13)9-8(10)14/h2,5H,1,3-4H2,(H,9,14)(H,12,13). The number of carbonyl (C=O) groups excluding carboxylic acids is 2. The van der Waals surface area contributed by atoms with Gasteiger partial charge in [-0.25, -0.2) is 9.59 Å². The molecule has 1 heterocycles. The van der Waals surface area contributed by atoms with Crippen molar-refractivity contribution in [2.24, 2.45) is 0 Å². The summed E-state index contributed by atoms with van der Waals surface area (Å²) in [6.45, 7) is 3.48. The lowest BCUT2D eigenvalue weighted by Gasteiger charge is -2.28. The average molecular weight is 198 g/mol. The number of carboxylic acids is 1. The first kappa shape index (κ1) is 10.2. The highest BCUT2D eigenvalue weighted by atomic mass is 16.4. The molecule has 14 heavy (non-hydrogen) atoms. The highest BCUT2D eigenvalue weighted by molar-refractivity contribution is 6.01. The van der Waals surface area contributed by atoms with E-state index in [0.717, 1.165) is 4.90 Å². The molecule has 1 aliphatic heterocycles. The number of hydrogen-bond donors (Lipinski definition) is 2. The van der Waals surface area contributed by atoms with Crippen LogP contribution in [0.2, 0.25) is 0 Å². The molecule has 0 aromatic rings. The molecule has 2 N–H and O–H groups in total. The summed E-state index contributed by atoms with van der Waals surface area (Å²) in [5.41, 5.74) is 0. The fourth-order valence-electron chi connectivity index (χ4n) is 1.14. The number of hydrogen-bond acceptors (Lipinski definition) is 3. The van der Waals surface area contributed by atoms with Gasteiger partial charge in [-0.2, -0.15) is 0 Å². The van der Waals surface area contributed by atoms with Crippen LogP contribution in [-0.4, -0.2) is 40.5 Å². The molecule has 1 unspecified atom stereocenters. The maximum atomic E-state index is 11.3. The molecule has 0 bridgehead atoms. The van der Waals surface area contributed by atoms with Crippen LogP contribution < -0.4 is 5.32 Å². The van der Waals surface area contributed by atoms with E-state index < -0.39 is 23.9 Å². The third kappa shape index (κ3) is 1.90. The molecule has 0 aromatic heterocycles. The molecule has 1 aliphatic rings. The topological polar surface area (TPSA) is 86.7 Å². The number of aliphatic carboxylic acids is 1. The summed E-state index contributed by atoms with van der Waals surface area (Å²) >= 11 is 0. The first-order chi connectivity index (χ1) is 6.56. The monoisotopic (exact) mass is 198 g/mol. The second-order valence-corrected chi connectivity index (χ2v) is 2.84. The van der Waals surface area contributed by atoms with Crippen molar-refractivity contribution >= 4 is 17.9 Å². The maximum absolute atomic E-state index is 11.3. The molecule has 0 saturated carbocycles. The van der Waals surface area contributed by atoms with Crippen molar-refractivity contribution in [3.63, 3.8) is 0 Å². The Labute approximate surface area is 80.2 Å². The van der Waals surface area contributed by atoms with Gasteiger partial charge in [-0.15, -0.1) is 6.58 Å². The molecule has 1 rings (SSSR count). The van der Waals surface area contributed by atoms with Crippen molar-refractivity contribution in [1.82, 2.24) is 10.2 Å². The second-order valence-electron chi connectivity index (χ2n) is 2.84. The molecule has 76 valence electrons. The van der Waals surface area contributed by atoms with Gasteiger partial charge in [0.05, 0.1) is 6.42 Å². The Hall–Kier alpha value is -1.85. The number of amides is 3. The number of carbonyl (C=O) groups is 3. The normalized spacial score (nSPS) is 21.7. The summed E-state index contributed by atoms with van der Waals surface area (Å²) in [5.74, 6) is -1.70. The molecule has 0 spiro atoms. The van der Waals surface area contributed by atoms with E-state index in [1.807, 2.05) is 0 Å². The first-order valence-electron chi connectivity index (χ1n) is 4.01. The van der Waals surface area contributed by atoms with Crippen LogP contribution in [0, 0.1) is 0 Å². The molecular weight excluding hydrogens is 188 g/mol. The van der Waals surface area contributed by atoms with E-state index in [9.17, 15) is 14.4 Å². The van der Waals surface area contributed by atoms with Gasteiger partial charge < -0.3 is 10.4 Å². The second kappa shape index (κ2) is 3.91. The van der Waals surface area contributed by atoms with Gasteiger partial charge in [-0.3, -0.25) is 9.69 Å². The summed E-state index contributed by atoms with van der Waals surface area (Å²) < 4.78 is 0. The van der Waals surface area contributed by atoms with E-state index in [-0.39, 0.29) is 13.0 Å². The van der Waals surface area contributed by atoms with Crippen molar-refractivity contribution in [3.05, 3.63) is 12.7 Å². The van der Waals surface area contributed by atoms with Crippen molar-refractivity contribution in [2.75, 3.05) is 6.54 Å². The Morgan fingerprint density at radius 1 is 1.71 bits per heavy atom. The quantitative estimate of drug-likeness (QED) is 0.602. The van der Waals surface area contributed by atoms with E-state index in [1.54, 1.807) is 0 Å². The fourth-order valence-corrected chi connectivity index (χ4v) is 1.14. The summed E-state index contributed by atoms with van der Waals surface area (Å²) in [4.78, 5) is 33.9. The Bertz CT molecular complexity index is 282. The van der Waals surface area contributed by atoms with E-state index in [1.165, 1.54) is 6.08 Å². The predicted molar refractivity (Wildman–Crippen MR) is 46.5 cm³/mol. The number of urea groups is 1. The van der Waals surface area contributed by atoms with Crippen LogP contribution >= 0.6 is 0 Å². The zero-order chi connectivity index (χ0) is 10.7. The molecular formula is C8H10N2O4. The smallest absolute Gasteiger partial charge is 0.326 e. The van der Waals surface area contributed by atoms with Crippen molar-refractivity contribution in [3.8, 4) is 0 Å². The Balaban J connectivity index is 2.72. The van der Waals surface area contributed by atoms with Gasteiger partial charge >= 0.3 is 12.0 Å². The Morgan fingerprint density at radius 2 is 2.36 bits per heavy atom. The zero-order valence-corrected chi connectivity index (χ0v) is 7.40. The van der Waals surface area contributed by atoms with Gasteiger partial charge in [0.15, 0.2) is 0 Å². The number of rotatable bonds is 3. The van der Waals surface area contributed by atoms with Crippen LogP contribution in [-0.2, 0) is 9.59 Å². The zero-order valence-electron chi connectivity index (χ0n) is 7.40. The fraction of sp³-hybridized carbons (Fsp3) is 0.375.